The van der Waals surface area contributed by atoms with Gasteiger partial charge in [-0.1, -0.05) is 6.07 Å². The van der Waals surface area contributed by atoms with Gasteiger partial charge in [-0.2, -0.15) is 0 Å². The average molecular weight is 257 g/mol. The van der Waals surface area contributed by atoms with Crippen LogP contribution < -0.4 is 15.5 Å². The molecule has 0 atom stereocenters. The predicted molar refractivity (Wildman–Crippen MR) is 80.2 cm³/mol. The van der Waals surface area contributed by atoms with Gasteiger partial charge in [0.05, 0.1) is 0 Å². The van der Waals surface area contributed by atoms with Crippen molar-refractivity contribution >= 4 is 23.0 Å². The van der Waals surface area contributed by atoms with Gasteiger partial charge in [0.1, 0.15) is 18.0 Å². The van der Waals surface area contributed by atoms with Gasteiger partial charge in [-0.05, 0) is 25.1 Å². The van der Waals surface area contributed by atoms with Crippen molar-refractivity contribution in [2.75, 3.05) is 36.2 Å². The summed E-state index contributed by atoms with van der Waals surface area (Å²) in [6.45, 7) is 3.00. The molecule has 2 aromatic rings. The first-order valence-electron chi connectivity index (χ1n) is 6.31. The second-order valence-electron chi connectivity index (χ2n) is 4.23. The molecular weight excluding hydrogens is 238 g/mol. The molecule has 0 spiro atoms. The molecule has 0 aliphatic rings. The number of anilines is 4. The second-order valence-corrected chi connectivity index (χ2v) is 4.23. The molecule has 0 amide bonds. The Labute approximate surface area is 113 Å². The standard InChI is InChI=1S/C14H19N5/c1-4-19(3)14-9-13(16-10-17-14)18-12-7-5-6-11(8-12)15-2/h5-10,15H,4H2,1-3H3,(H,16,17,18). The Bertz CT molecular complexity index is 541. The van der Waals surface area contributed by atoms with Crippen LogP contribution in [-0.4, -0.2) is 30.6 Å². The number of aromatic nitrogens is 2. The summed E-state index contributed by atoms with van der Waals surface area (Å²) in [5.41, 5.74) is 2.06. The zero-order valence-corrected chi connectivity index (χ0v) is 11.5. The lowest BCUT2D eigenvalue weighted by atomic mass is 10.3. The van der Waals surface area contributed by atoms with E-state index in [9.17, 15) is 0 Å². The largest absolute Gasteiger partial charge is 0.388 e. The molecule has 0 saturated carbocycles. The van der Waals surface area contributed by atoms with Gasteiger partial charge in [0, 0.05) is 38.1 Å². The van der Waals surface area contributed by atoms with Crippen LogP contribution in [0.3, 0.4) is 0 Å². The zero-order chi connectivity index (χ0) is 13.7. The summed E-state index contributed by atoms with van der Waals surface area (Å²) in [6, 6.07) is 9.99. The third-order valence-electron chi connectivity index (χ3n) is 2.94. The van der Waals surface area contributed by atoms with Crippen LogP contribution in [0.5, 0.6) is 0 Å². The summed E-state index contributed by atoms with van der Waals surface area (Å²) in [7, 11) is 3.91. The number of nitrogens with one attached hydrogen (secondary N) is 2. The van der Waals surface area contributed by atoms with E-state index < -0.39 is 0 Å². The normalized spacial score (nSPS) is 10.1. The van der Waals surface area contributed by atoms with Crippen LogP contribution in [0.15, 0.2) is 36.7 Å². The summed E-state index contributed by atoms with van der Waals surface area (Å²) in [4.78, 5) is 10.6. The van der Waals surface area contributed by atoms with Crippen molar-refractivity contribution in [3.05, 3.63) is 36.7 Å². The maximum atomic E-state index is 4.25. The van der Waals surface area contributed by atoms with Crippen LogP contribution in [0.4, 0.5) is 23.0 Å². The molecule has 2 rings (SSSR count). The predicted octanol–water partition coefficient (Wildman–Crippen LogP) is 2.72. The van der Waals surface area contributed by atoms with Crippen LogP contribution >= 0.6 is 0 Å². The summed E-state index contributed by atoms with van der Waals surface area (Å²) in [5.74, 6) is 1.70. The molecule has 0 radical (unpaired) electrons. The van der Waals surface area contributed by atoms with E-state index in [0.717, 1.165) is 29.6 Å². The average Bonchev–Trinajstić information content (AvgIpc) is 2.47. The minimum atomic E-state index is 0.790. The van der Waals surface area contributed by atoms with Crippen molar-refractivity contribution in [3.8, 4) is 0 Å². The first-order valence-corrected chi connectivity index (χ1v) is 6.31. The molecule has 1 aromatic carbocycles. The molecule has 0 unspecified atom stereocenters. The lowest BCUT2D eigenvalue weighted by Gasteiger charge is -2.16. The Morgan fingerprint density at radius 2 is 1.95 bits per heavy atom. The molecular formula is C14H19N5. The molecule has 1 heterocycles. The fraction of sp³-hybridized carbons (Fsp3) is 0.286. The van der Waals surface area contributed by atoms with Gasteiger partial charge in [-0.15, -0.1) is 0 Å². The van der Waals surface area contributed by atoms with Crippen LogP contribution in [0.1, 0.15) is 6.92 Å². The van der Waals surface area contributed by atoms with Crippen molar-refractivity contribution < 1.29 is 0 Å². The fourth-order valence-corrected chi connectivity index (χ4v) is 1.69. The van der Waals surface area contributed by atoms with Crippen molar-refractivity contribution in [1.29, 1.82) is 0 Å². The topological polar surface area (TPSA) is 53.1 Å². The highest BCUT2D eigenvalue weighted by atomic mass is 15.2. The van der Waals surface area contributed by atoms with Gasteiger partial charge in [-0.25, -0.2) is 9.97 Å². The molecule has 0 fully saturated rings. The molecule has 0 aliphatic heterocycles. The number of hydrogen-bond acceptors (Lipinski definition) is 5. The van der Waals surface area contributed by atoms with Crippen molar-refractivity contribution in [2.45, 2.75) is 6.92 Å². The van der Waals surface area contributed by atoms with Gasteiger partial charge in [-0.3, -0.25) is 0 Å². The summed E-state index contributed by atoms with van der Waals surface area (Å²) < 4.78 is 0. The number of benzene rings is 1. The second kappa shape index (κ2) is 6.04. The van der Waals surface area contributed by atoms with Crippen LogP contribution in [-0.2, 0) is 0 Å². The Morgan fingerprint density at radius 3 is 2.68 bits per heavy atom. The lowest BCUT2D eigenvalue weighted by molar-refractivity contribution is 0.930. The van der Waals surface area contributed by atoms with Gasteiger partial charge in [0.25, 0.3) is 0 Å². The summed E-state index contributed by atoms with van der Waals surface area (Å²) in [5, 5.41) is 6.39. The third kappa shape index (κ3) is 3.34. The van der Waals surface area contributed by atoms with E-state index in [4.69, 9.17) is 0 Å². The fourth-order valence-electron chi connectivity index (χ4n) is 1.69. The lowest BCUT2D eigenvalue weighted by Crippen LogP contribution is -2.17. The van der Waals surface area contributed by atoms with Crippen LogP contribution in [0.2, 0.25) is 0 Å². The highest BCUT2D eigenvalue weighted by Gasteiger charge is 2.03. The first kappa shape index (κ1) is 13.1. The quantitative estimate of drug-likeness (QED) is 0.862. The smallest absolute Gasteiger partial charge is 0.135 e. The van der Waals surface area contributed by atoms with E-state index >= 15 is 0 Å². The van der Waals surface area contributed by atoms with Crippen LogP contribution in [0, 0.1) is 0 Å². The number of nitrogens with zero attached hydrogens (tertiary/aromatic N) is 3. The number of rotatable bonds is 5. The molecule has 100 valence electrons. The van der Waals surface area contributed by atoms with Crippen molar-refractivity contribution in [1.82, 2.24) is 9.97 Å². The van der Waals surface area contributed by atoms with E-state index in [1.165, 1.54) is 0 Å². The third-order valence-corrected chi connectivity index (χ3v) is 2.94. The minimum absolute atomic E-state index is 0.790. The Kier molecular flexibility index (Phi) is 4.18. The maximum absolute atomic E-state index is 4.25. The SMILES string of the molecule is CCN(C)c1cc(Nc2cccc(NC)c2)ncn1. The highest BCUT2D eigenvalue weighted by molar-refractivity contribution is 5.63. The van der Waals surface area contributed by atoms with Gasteiger partial charge in [0.15, 0.2) is 0 Å². The summed E-state index contributed by atoms with van der Waals surface area (Å²) in [6.07, 6.45) is 1.58. The highest BCUT2D eigenvalue weighted by Crippen LogP contribution is 2.20. The van der Waals surface area contributed by atoms with Crippen molar-refractivity contribution in [2.24, 2.45) is 0 Å². The maximum Gasteiger partial charge on any atom is 0.135 e. The monoisotopic (exact) mass is 257 g/mol. The Balaban J connectivity index is 2.18. The van der Waals surface area contributed by atoms with E-state index in [1.54, 1.807) is 6.33 Å². The molecule has 19 heavy (non-hydrogen) atoms. The molecule has 1 aromatic heterocycles. The Morgan fingerprint density at radius 1 is 1.16 bits per heavy atom. The number of hydrogen-bond donors (Lipinski definition) is 2. The molecule has 0 bridgehead atoms. The van der Waals surface area contributed by atoms with Gasteiger partial charge >= 0.3 is 0 Å². The van der Waals surface area contributed by atoms with E-state index in [0.29, 0.717) is 0 Å². The molecule has 0 saturated heterocycles. The minimum Gasteiger partial charge on any atom is -0.388 e. The molecule has 5 heteroatoms. The van der Waals surface area contributed by atoms with Crippen LogP contribution in [0.25, 0.3) is 0 Å². The Hall–Kier alpha value is -2.30. The molecule has 0 aliphatic carbocycles. The molecule has 2 N–H and O–H groups in total. The van der Waals surface area contributed by atoms with E-state index in [1.807, 2.05) is 44.4 Å². The zero-order valence-electron chi connectivity index (χ0n) is 11.5. The first-order chi connectivity index (χ1) is 9.22. The van der Waals surface area contributed by atoms with Crippen molar-refractivity contribution in [3.63, 3.8) is 0 Å². The van der Waals surface area contributed by atoms with Gasteiger partial charge < -0.3 is 15.5 Å². The van der Waals surface area contributed by atoms with Gasteiger partial charge in [0.2, 0.25) is 0 Å². The summed E-state index contributed by atoms with van der Waals surface area (Å²) >= 11 is 0. The molecule has 5 nitrogen and oxygen atoms in total. The van der Waals surface area contributed by atoms with E-state index in [-0.39, 0.29) is 0 Å². The van der Waals surface area contributed by atoms with E-state index in [2.05, 4.69) is 32.4 Å².